The highest BCUT2D eigenvalue weighted by atomic mass is 16.2. The van der Waals surface area contributed by atoms with Crippen molar-refractivity contribution >= 4 is 5.91 Å². The van der Waals surface area contributed by atoms with Gasteiger partial charge in [-0.3, -0.25) is 4.79 Å². The quantitative estimate of drug-likeness (QED) is 0.888. The van der Waals surface area contributed by atoms with Gasteiger partial charge in [-0.15, -0.1) is 10.2 Å². The molecule has 0 aromatic carbocycles. The summed E-state index contributed by atoms with van der Waals surface area (Å²) in [4.78, 5) is 14.9. The molecule has 3 heterocycles. The maximum atomic E-state index is 12.3. The molecule has 1 saturated heterocycles. The number of hydrogen-bond donors (Lipinski definition) is 1. The van der Waals surface area contributed by atoms with E-state index in [9.17, 15) is 4.79 Å². The third-order valence-electron chi connectivity index (χ3n) is 5.67. The smallest absolute Gasteiger partial charge is 0.289 e. The molecule has 1 amide bonds. The van der Waals surface area contributed by atoms with Crippen LogP contribution in [0.3, 0.4) is 0 Å². The van der Waals surface area contributed by atoms with Gasteiger partial charge in [-0.2, -0.15) is 0 Å². The van der Waals surface area contributed by atoms with Crippen molar-refractivity contribution in [1.82, 2.24) is 25.0 Å². The summed E-state index contributed by atoms with van der Waals surface area (Å²) in [5, 5.41) is 11.5. The van der Waals surface area contributed by atoms with Crippen molar-refractivity contribution in [1.29, 1.82) is 0 Å². The van der Waals surface area contributed by atoms with Crippen LogP contribution in [0.4, 0.5) is 0 Å². The second-order valence-corrected chi connectivity index (χ2v) is 7.68. The summed E-state index contributed by atoms with van der Waals surface area (Å²) in [5.74, 6) is 3.83. The number of rotatable bonds is 4. The van der Waals surface area contributed by atoms with E-state index in [1.54, 1.807) is 0 Å². The molecule has 2 aliphatic carbocycles. The van der Waals surface area contributed by atoms with Crippen LogP contribution in [0, 0.1) is 17.8 Å². The molecule has 2 aliphatic heterocycles. The Morgan fingerprint density at radius 2 is 1.91 bits per heavy atom. The highest BCUT2D eigenvalue weighted by Crippen LogP contribution is 2.36. The van der Waals surface area contributed by atoms with Crippen molar-refractivity contribution in [2.24, 2.45) is 17.8 Å². The Morgan fingerprint density at radius 3 is 2.68 bits per heavy atom. The molecule has 0 spiro atoms. The third-order valence-corrected chi connectivity index (χ3v) is 5.67. The molecule has 1 aromatic rings. The summed E-state index contributed by atoms with van der Waals surface area (Å²) >= 11 is 0. The summed E-state index contributed by atoms with van der Waals surface area (Å²) in [6.07, 6.45) is 6.03. The Hall–Kier alpha value is -1.43. The van der Waals surface area contributed by atoms with Crippen LogP contribution in [-0.4, -0.2) is 51.2 Å². The molecule has 2 saturated carbocycles. The summed E-state index contributed by atoms with van der Waals surface area (Å²) < 4.78 is 2.08. The lowest BCUT2D eigenvalue weighted by molar-refractivity contribution is 0.0932. The van der Waals surface area contributed by atoms with Gasteiger partial charge in [-0.25, -0.2) is 0 Å². The third kappa shape index (κ3) is 2.33. The lowest BCUT2D eigenvalue weighted by Gasteiger charge is -2.25. The molecule has 118 valence electrons. The van der Waals surface area contributed by atoms with Gasteiger partial charge >= 0.3 is 0 Å². The Balaban J connectivity index is 1.31. The Labute approximate surface area is 130 Å². The Morgan fingerprint density at radius 1 is 1.09 bits per heavy atom. The second kappa shape index (κ2) is 4.78. The number of fused-ring (bicyclic) bond motifs is 2. The summed E-state index contributed by atoms with van der Waals surface area (Å²) in [7, 11) is 0. The molecule has 6 nitrogen and oxygen atoms in total. The first-order valence-electron chi connectivity index (χ1n) is 8.71. The zero-order chi connectivity index (χ0) is 14.7. The zero-order valence-corrected chi connectivity index (χ0v) is 12.9. The van der Waals surface area contributed by atoms with Gasteiger partial charge in [0.15, 0.2) is 0 Å². The minimum atomic E-state index is -0.0347. The van der Waals surface area contributed by atoms with Crippen LogP contribution in [0.5, 0.6) is 0 Å². The van der Waals surface area contributed by atoms with Crippen molar-refractivity contribution in [3.05, 3.63) is 11.6 Å². The van der Waals surface area contributed by atoms with E-state index in [4.69, 9.17) is 0 Å². The first-order chi connectivity index (χ1) is 10.8. The van der Waals surface area contributed by atoms with Crippen LogP contribution in [0.1, 0.15) is 42.1 Å². The van der Waals surface area contributed by atoms with E-state index in [1.165, 1.54) is 32.5 Å². The maximum Gasteiger partial charge on any atom is 0.289 e. The summed E-state index contributed by atoms with van der Waals surface area (Å²) in [6, 6.07) is 0.373. The maximum absolute atomic E-state index is 12.3. The zero-order valence-electron chi connectivity index (χ0n) is 12.9. The van der Waals surface area contributed by atoms with Crippen molar-refractivity contribution in [3.8, 4) is 0 Å². The topological polar surface area (TPSA) is 63.1 Å². The van der Waals surface area contributed by atoms with Crippen LogP contribution < -0.4 is 5.32 Å². The minimum absolute atomic E-state index is 0.0347. The normalized spacial score (nSPS) is 30.9. The lowest BCUT2D eigenvalue weighted by Crippen LogP contribution is -2.33. The molecule has 1 N–H and O–H groups in total. The Kier molecular flexibility index (Phi) is 2.84. The average molecular weight is 301 g/mol. The van der Waals surface area contributed by atoms with Crippen LogP contribution in [0.2, 0.25) is 0 Å². The van der Waals surface area contributed by atoms with E-state index in [-0.39, 0.29) is 5.91 Å². The first kappa shape index (κ1) is 13.0. The molecule has 0 unspecified atom stereocenters. The molecule has 1 aromatic heterocycles. The number of carbonyl (C=O) groups excluding carboxylic acids is 1. The van der Waals surface area contributed by atoms with Crippen molar-refractivity contribution in [2.45, 2.75) is 44.7 Å². The number of nitrogens with zero attached hydrogens (tertiary/aromatic N) is 4. The van der Waals surface area contributed by atoms with E-state index in [0.717, 1.165) is 37.5 Å². The van der Waals surface area contributed by atoms with Gasteiger partial charge in [0.1, 0.15) is 5.82 Å². The monoisotopic (exact) mass is 301 g/mol. The molecule has 0 radical (unpaired) electrons. The molecule has 3 fully saturated rings. The largest absolute Gasteiger partial charge is 0.347 e. The molecule has 6 heteroatoms. The number of nitrogens with one attached hydrogen (secondary N) is 1. The molecule has 2 atom stereocenters. The molecule has 22 heavy (non-hydrogen) atoms. The fraction of sp³-hybridized carbons (Fsp3) is 0.812. The number of hydrogen-bond acceptors (Lipinski definition) is 4. The van der Waals surface area contributed by atoms with Gasteiger partial charge in [-0.05, 0) is 43.4 Å². The van der Waals surface area contributed by atoms with Gasteiger partial charge in [0.25, 0.3) is 5.91 Å². The van der Waals surface area contributed by atoms with Crippen LogP contribution >= 0.6 is 0 Å². The average Bonchev–Trinajstić information content (AvgIpc) is 3.39. The van der Waals surface area contributed by atoms with E-state index >= 15 is 0 Å². The molecule has 0 bridgehead atoms. The molecular weight excluding hydrogens is 278 g/mol. The van der Waals surface area contributed by atoms with E-state index in [2.05, 4.69) is 25.0 Å². The highest BCUT2D eigenvalue weighted by molar-refractivity contribution is 5.91. The highest BCUT2D eigenvalue weighted by Gasteiger charge is 2.40. The Bertz CT molecular complexity index is 604. The number of carbonyl (C=O) groups is 1. The van der Waals surface area contributed by atoms with Crippen LogP contribution in [0.25, 0.3) is 0 Å². The SMILES string of the molecule is O=C(NC1CC1)c1nnc2n1C[C@H]1CN(CC3CC3)C[C@H]1C2. The number of likely N-dealkylation sites (tertiary alicyclic amines) is 1. The van der Waals surface area contributed by atoms with Crippen molar-refractivity contribution in [2.75, 3.05) is 19.6 Å². The standard InChI is InChI=1S/C16H23N5O/c22-16(17-13-3-4-13)15-19-18-14-5-11-7-20(6-10-1-2-10)8-12(11)9-21(14)15/h10-13H,1-9H2,(H,17,22)/t11-,12-/m1/s1. The molecule has 5 rings (SSSR count). The van der Waals surface area contributed by atoms with Gasteiger partial charge in [0.2, 0.25) is 5.82 Å². The van der Waals surface area contributed by atoms with Crippen LogP contribution in [0.15, 0.2) is 0 Å². The van der Waals surface area contributed by atoms with Crippen LogP contribution in [-0.2, 0) is 13.0 Å². The van der Waals surface area contributed by atoms with E-state index in [0.29, 0.717) is 23.7 Å². The first-order valence-corrected chi connectivity index (χ1v) is 8.71. The number of aromatic nitrogens is 3. The molecular formula is C16H23N5O. The van der Waals surface area contributed by atoms with Gasteiger partial charge < -0.3 is 14.8 Å². The molecule has 4 aliphatic rings. The summed E-state index contributed by atoms with van der Waals surface area (Å²) in [5.41, 5.74) is 0. The van der Waals surface area contributed by atoms with Gasteiger partial charge in [-0.1, -0.05) is 0 Å². The van der Waals surface area contributed by atoms with E-state index in [1.807, 2.05) is 0 Å². The van der Waals surface area contributed by atoms with Crippen molar-refractivity contribution < 1.29 is 4.79 Å². The van der Waals surface area contributed by atoms with Gasteiger partial charge in [0, 0.05) is 38.6 Å². The predicted molar refractivity (Wildman–Crippen MR) is 80.4 cm³/mol. The lowest BCUT2D eigenvalue weighted by atomic mass is 9.89. The minimum Gasteiger partial charge on any atom is -0.347 e. The predicted octanol–water partition coefficient (Wildman–Crippen LogP) is 0.684. The fourth-order valence-electron chi connectivity index (χ4n) is 4.08. The summed E-state index contributed by atoms with van der Waals surface area (Å²) in [6.45, 7) is 4.59. The second-order valence-electron chi connectivity index (χ2n) is 7.68. The van der Waals surface area contributed by atoms with E-state index < -0.39 is 0 Å². The number of amides is 1. The fourth-order valence-corrected chi connectivity index (χ4v) is 4.08. The van der Waals surface area contributed by atoms with Gasteiger partial charge in [0.05, 0.1) is 0 Å². The van der Waals surface area contributed by atoms with Crippen molar-refractivity contribution in [3.63, 3.8) is 0 Å².